The van der Waals surface area contributed by atoms with E-state index in [1.165, 1.54) is 22.3 Å². The molecule has 0 saturated carbocycles. The van der Waals surface area contributed by atoms with Gasteiger partial charge in [-0.05, 0) is 36.6 Å². The van der Waals surface area contributed by atoms with Crippen LogP contribution >= 0.6 is 34.5 Å². The predicted octanol–water partition coefficient (Wildman–Crippen LogP) is 5.61. The summed E-state index contributed by atoms with van der Waals surface area (Å²) < 4.78 is 0. The van der Waals surface area contributed by atoms with E-state index in [-0.39, 0.29) is 47.7 Å². The Kier molecular flexibility index (Phi) is 9.87. The third-order valence-corrected chi connectivity index (χ3v) is 6.74. The van der Waals surface area contributed by atoms with E-state index in [4.69, 9.17) is 23.2 Å². The molecule has 36 heavy (non-hydrogen) atoms. The number of carbonyl (C=O) groups excluding carboxylic acids is 3. The van der Waals surface area contributed by atoms with Crippen molar-refractivity contribution in [2.45, 2.75) is 33.2 Å². The van der Waals surface area contributed by atoms with Crippen molar-refractivity contribution in [3.63, 3.8) is 0 Å². The van der Waals surface area contributed by atoms with Crippen LogP contribution < -0.4 is 10.6 Å². The summed E-state index contributed by atoms with van der Waals surface area (Å²) in [6.07, 6.45) is 0.0961. The van der Waals surface area contributed by atoms with Gasteiger partial charge in [-0.15, -0.1) is 11.3 Å². The fourth-order valence-electron chi connectivity index (χ4n) is 3.53. The van der Waals surface area contributed by atoms with Crippen molar-refractivity contribution < 1.29 is 14.4 Å². The standard InChI is InChI=1S/C26H28Cl2N4O3S/c1-16(2)13-32(25(35)19-9-10-21(27)22(28)11-19)14-24(34)31-26-30-20(15-36-26)12-23(33)29-17(3)18-7-5-4-6-8-18/h4-11,15-17H,12-14H2,1-3H3,(H,29,33)(H,30,31,34). The molecule has 0 spiro atoms. The van der Waals surface area contributed by atoms with Crippen LogP contribution in [0.1, 0.15) is 48.4 Å². The lowest BCUT2D eigenvalue weighted by Crippen LogP contribution is -2.40. The number of halogens is 2. The number of hydrogen-bond donors (Lipinski definition) is 2. The highest BCUT2D eigenvalue weighted by Crippen LogP contribution is 2.24. The third kappa shape index (κ3) is 8.05. The number of carbonyl (C=O) groups is 3. The Morgan fingerprint density at radius 1 is 1.00 bits per heavy atom. The molecule has 0 aliphatic heterocycles. The van der Waals surface area contributed by atoms with Gasteiger partial charge in [0.25, 0.3) is 5.91 Å². The third-order valence-electron chi connectivity index (χ3n) is 5.19. The lowest BCUT2D eigenvalue weighted by Gasteiger charge is -2.24. The molecule has 3 rings (SSSR count). The fraction of sp³-hybridized carbons (Fsp3) is 0.308. The van der Waals surface area contributed by atoms with Gasteiger partial charge in [0.1, 0.15) is 6.54 Å². The first-order valence-electron chi connectivity index (χ1n) is 11.4. The maximum atomic E-state index is 13.0. The van der Waals surface area contributed by atoms with E-state index in [0.29, 0.717) is 28.0 Å². The van der Waals surface area contributed by atoms with Crippen LogP contribution in [0.15, 0.2) is 53.9 Å². The Bertz CT molecular complexity index is 1220. The van der Waals surface area contributed by atoms with Crippen LogP contribution in [0.5, 0.6) is 0 Å². The van der Waals surface area contributed by atoms with Crippen molar-refractivity contribution in [1.82, 2.24) is 15.2 Å². The maximum Gasteiger partial charge on any atom is 0.254 e. The number of aromatic nitrogens is 1. The lowest BCUT2D eigenvalue weighted by molar-refractivity contribution is -0.121. The van der Waals surface area contributed by atoms with E-state index in [2.05, 4.69) is 15.6 Å². The number of amides is 3. The van der Waals surface area contributed by atoms with Gasteiger partial charge in [-0.25, -0.2) is 4.98 Å². The molecule has 3 aromatic rings. The first-order valence-corrected chi connectivity index (χ1v) is 13.1. The number of hydrogen-bond acceptors (Lipinski definition) is 5. The summed E-state index contributed by atoms with van der Waals surface area (Å²) in [6, 6.07) is 14.2. The Labute approximate surface area is 224 Å². The SMILES string of the molecule is CC(C)CN(CC(=O)Nc1nc(CC(=O)NC(C)c2ccccc2)cs1)C(=O)c1ccc(Cl)c(Cl)c1. The van der Waals surface area contributed by atoms with Crippen molar-refractivity contribution in [3.8, 4) is 0 Å². The van der Waals surface area contributed by atoms with Crippen LogP contribution in [0.2, 0.25) is 10.0 Å². The molecular formula is C26H28Cl2N4O3S. The maximum absolute atomic E-state index is 13.0. The summed E-state index contributed by atoms with van der Waals surface area (Å²) in [7, 11) is 0. The molecule has 0 aliphatic carbocycles. The highest BCUT2D eigenvalue weighted by atomic mass is 35.5. The van der Waals surface area contributed by atoms with E-state index in [1.54, 1.807) is 17.5 Å². The molecule has 1 aromatic heterocycles. The number of nitrogens with zero attached hydrogens (tertiary/aromatic N) is 2. The molecule has 7 nitrogen and oxygen atoms in total. The number of benzene rings is 2. The summed E-state index contributed by atoms with van der Waals surface area (Å²) in [6.45, 7) is 6.08. The van der Waals surface area contributed by atoms with Gasteiger partial charge >= 0.3 is 0 Å². The summed E-state index contributed by atoms with van der Waals surface area (Å²) in [5, 5.41) is 8.40. The largest absolute Gasteiger partial charge is 0.349 e. The summed E-state index contributed by atoms with van der Waals surface area (Å²) in [4.78, 5) is 44.0. The van der Waals surface area contributed by atoms with Gasteiger partial charge in [-0.2, -0.15) is 0 Å². The molecule has 2 aromatic carbocycles. The molecule has 0 bridgehead atoms. The smallest absolute Gasteiger partial charge is 0.254 e. The first kappa shape index (κ1) is 27.6. The predicted molar refractivity (Wildman–Crippen MR) is 145 cm³/mol. The van der Waals surface area contributed by atoms with Gasteiger partial charge in [0.2, 0.25) is 11.8 Å². The zero-order chi connectivity index (χ0) is 26.2. The van der Waals surface area contributed by atoms with Crippen LogP contribution in [-0.2, 0) is 16.0 Å². The van der Waals surface area contributed by atoms with Crippen molar-refractivity contribution in [2.75, 3.05) is 18.4 Å². The highest BCUT2D eigenvalue weighted by Gasteiger charge is 2.21. The molecule has 1 atom stereocenters. The Morgan fingerprint density at radius 3 is 2.39 bits per heavy atom. The van der Waals surface area contributed by atoms with Gasteiger partial charge in [0, 0.05) is 17.5 Å². The minimum Gasteiger partial charge on any atom is -0.349 e. The van der Waals surface area contributed by atoms with Gasteiger partial charge in [0.15, 0.2) is 5.13 Å². The van der Waals surface area contributed by atoms with E-state index < -0.39 is 0 Å². The average Bonchev–Trinajstić information content (AvgIpc) is 3.26. The minimum absolute atomic E-state index is 0.0961. The van der Waals surface area contributed by atoms with Crippen molar-refractivity contribution in [1.29, 1.82) is 0 Å². The Morgan fingerprint density at radius 2 is 1.72 bits per heavy atom. The van der Waals surface area contributed by atoms with Crippen molar-refractivity contribution in [2.24, 2.45) is 5.92 Å². The summed E-state index contributed by atoms with van der Waals surface area (Å²) in [5.41, 5.74) is 1.92. The van der Waals surface area contributed by atoms with Gasteiger partial charge in [0.05, 0.1) is 28.2 Å². The normalized spacial score (nSPS) is 11.7. The topological polar surface area (TPSA) is 91.4 Å². The second-order valence-corrected chi connectivity index (χ2v) is 10.4. The van der Waals surface area contributed by atoms with E-state index in [0.717, 1.165) is 5.56 Å². The number of rotatable bonds is 10. The monoisotopic (exact) mass is 546 g/mol. The van der Waals surface area contributed by atoms with Gasteiger partial charge < -0.3 is 15.5 Å². The number of thiazole rings is 1. The molecule has 0 aliphatic rings. The van der Waals surface area contributed by atoms with Gasteiger partial charge in [-0.3, -0.25) is 14.4 Å². The minimum atomic E-state index is -0.382. The Balaban J connectivity index is 1.58. The lowest BCUT2D eigenvalue weighted by atomic mass is 10.1. The van der Waals surface area contributed by atoms with Crippen molar-refractivity contribution in [3.05, 3.63) is 80.8 Å². The second-order valence-electron chi connectivity index (χ2n) is 8.78. The van der Waals surface area contributed by atoms with Crippen LogP contribution in [-0.4, -0.2) is 40.7 Å². The molecule has 0 radical (unpaired) electrons. The number of nitrogens with one attached hydrogen (secondary N) is 2. The zero-order valence-electron chi connectivity index (χ0n) is 20.3. The Hall–Kier alpha value is -2.94. The van der Waals surface area contributed by atoms with E-state index >= 15 is 0 Å². The first-order chi connectivity index (χ1) is 17.1. The molecule has 0 fully saturated rings. The van der Waals surface area contributed by atoms with Crippen LogP contribution in [0, 0.1) is 5.92 Å². The number of anilines is 1. The molecule has 190 valence electrons. The van der Waals surface area contributed by atoms with Crippen LogP contribution in [0.3, 0.4) is 0 Å². The molecule has 2 N–H and O–H groups in total. The molecule has 0 saturated heterocycles. The van der Waals surface area contributed by atoms with E-state index in [9.17, 15) is 14.4 Å². The molecule has 10 heteroatoms. The second kappa shape index (κ2) is 12.9. The van der Waals surface area contributed by atoms with Crippen molar-refractivity contribution >= 4 is 57.4 Å². The van der Waals surface area contributed by atoms with Crippen LogP contribution in [0.4, 0.5) is 5.13 Å². The quantitative estimate of drug-likeness (QED) is 0.346. The molecule has 3 amide bonds. The zero-order valence-corrected chi connectivity index (χ0v) is 22.6. The highest BCUT2D eigenvalue weighted by molar-refractivity contribution is 7.13. The van der Waals surface area contributed by atoms with Crippen LogP contribution in [0.25, 0.3) is 0 Å². The molecule has 1 unspecified atom stereocenters. The molecular weight excluding hydrogens is 519 g/mol. The summed E-state index contributed by atoms with van der Waals surface area (Å²) in [5.74, 6) is -0.716. The molecule has 1 heterocycles. The average molecular weight is 548 g/mol. The van der Waals surface area contributed by atoms with Gasteiger partial charge in [-0.1, -0.05) is 67.4 Å². The summed E-state index contributed by atoms with van der Waals surface area (Å²) >= 11 is 13.2. The fourth-order valence-corrected chi connectivity index (χ4v) is 4.56. The van der Waals surface area contributed by atoms with E-state index in [1.807, 2.05) is 51.1 Å².